The van der Waals surface area contributed by atoms with Crippen molar-refractivity contribution in [1.29, 1.82) is 5.26 Å². The van der Waals surface area contributed by atoms with Gasteiger partial charge in [-0.25, -0.2) is 4.79 Å². The molecule has 14 heavy (non-hydrogen) atoms. The fourth-order valence-corrected chi connectivity index (χ4v) is 2.04. The molecule has 0 saturated heterocycles. The molecule has 72 valence electrons. The maximum Gasteiger partial charge on any atom is 0.339 e. The van der Waals surface area contributed by atoms with Crippen molar-refractivity contribution < 1.29 is 9.53 Å². The lowest BCUT2D eigenvalue weighted by Gasteiger charge is -2.04. The van der Waals surface area contributed by atoms with Gasteiger partial charge < -0.3 is 4.74 Å². The molecule has 0 spiro atoms. The Bertz CT molecular complexity index is 426. The lowest BCUT2D eigenvalue weighted by atomic mass is 10.1. The van der Waals surface area contributed by atoms with Crippen LogP contribution in [0.3, 0.4) is 0 Å². The maximum absolute atomic E-state index is 11.3. The van der Waals surface area contributed by atoms with Gasteiger partial charge in [0.15, 0.2) is 0 Å². The van der Waals surface area contributed by atoms with Crippen LogP contribution in [0.15, 0.2) is 16.6 Å². The molecule has 0 aromatic heterocycles. The molecule has 0 aliphatic heterocycles. The van der Waals surface area contributed by atoms with Gasteiger partial charge in [-0.05, 0) is 34.7 Å². The molecule has 0 amide bonds. The summed E-state index contributed by atoms with van der Waals surface area (Å²) in [6, 6.07) is 5.30. The highest BCUT2D eigenvalue weighted by Crippen LogP contribution is 2.23. The summed E-state index contributed by atoms with van der Waals surface area (Å²) in [7, 11) is 1.31. The van der Waals surface area contributed by atoms with Gasteiger partial charge in [-0.2, -0.15) is 5.26 Å². The summed E-state index contributed by atoms with van der Waals surface area (Å²) in [5.41, 5.74) is 0.861. The molecular formula is C9H5BrINO2. The molecule has 0 unspecified atom stereocenters. The topological polar surface area (TPSA) is 50.1 Å². The van der Waals surface area contributed by atoms with E-state index in [2.05, 4.69) is 20.7 Å². The molecule has 5 heteroatoms. The van der Waals surface area contributed by atoms with Gasteiger partial charge in [0, 0.05) is 8.04 Å². The molecule has 3 nitrogen and oxygen atoms in total. The van der Waals surface area contributed by atoms with E-state index < -0.39 is 5.97 Å². The quantitative estimate of drug-likeness (QED) is 0.568. The Balaban J connectivity index is 3.38. The molecule has 1 rings (SSSR count). The molecule has 0 aliphatic rings. The highest BCUT2D eigenvalue weighted by Gasteiger charge is 2.14. The predicted octanol–water partition coefficient (Wildman–Crippen LogP) is 2.71. The van der Waals surface area contributed by atoms with Crippen LogP contribution in [-0.4, -0.2) is 13.1 Å². The fourth-order valence-electron chi connectivity index (χ4n) is 0.929. The van der Waals surface area contributed by atoms with E-state index in [0.29, 0.717) is 19.2 Å². The van der Waals surface area contributed by atoms with Gasteiger partial charge in [0.2, 0.25) is 0 Å². The highest BCUT2D eigenvalue weighted by atomic mass is 127. The molecular weight excluding hydrogens is 361 g/mol. The first kappa shape index (κ1) is 11.5. The Kier molecular flexibility index (Phi) is 3.89. The Morgan fingerprint density at radius 2 is 2.29 bits per heavy atom. The normalized spacial score (nSPS) is 9.29. The van der Waals surface area contributed by atoms with Crippen LogP contribution in [0, 0.1) is 14.9 Å². The van der Waals surface area contributed by atoms with Gasteiger partial charge in [0.1, 0.15) is 6.07 Å². The summed E-state index contributed by atoms with van der Waals surface area (Å²) in [5.74, 6) is -0.438. The summed E-state index contributed by atoms with van der Waals surface area (Å²) in [4.78, 5) is 11.3. The van der Waals surface area contributed by atoms with Gasteiger partial charge in [-0.15, -0.1) is 0 Å². The monoisotopic (exact) mass is 365 g/mol. The molecule has 0 bridgehead atoms. The minimum Gasteiger partial charge on any atom is -0.465 e. The number of ether oxygens (including phenoxy) is 1. The molecule has 0 aliphatic carbocycles. The second-order valence-electron chi connectivity index (χ2n) is 2.42. The zero-order valence-corrected chi connectivity index (χ0v) is 10.9. The molecule has 0 N–H and O–H groups in total. The van der Waals surface area contributed by atoms with Crippen molar-refractivity contribution in [3.8, 4) is 6.07 Å². The number of carbonyl (C=O) groups is 1. The SMILES string of the molecule is COC(=O)c1cc(Br)cc(C#N)c1I. The van der Waals surface area contributed by atoms with Crippen molar-refractivity contribution in [2.75, 3.05) is 7.11 Å². The number of hydrogen-bond acceptors (Lipinski definition) is 3. The standard InChI is InChI=1S/C9H5BrINO2/c1-14-9(13)7-3-6(10)2-5(4-12)8(7)11/h2-3H,1H3. The van der Waals surface area contributed by atoms with Crippen LogP contribution < -0.4 is 0 Å². The molecule has 0 atom stereocenters. The average molecular weight is 366 g/mol. The molecule has 0 radical (unpaired) electrons. The number of rotatable bonds is 1. The van der Waals surface area contributed by atoms with Gasteiger partial charge in [0.25, 0.3) is 0 Å². The predicted molar refractivity (Wildman–Crippen MR) is 62.9 cm³/mol. The zero-order valence-electron chi connectivity index (χ0n) is 7.17. The number of nitrogens with zero attached hydrogens (tertiary/aromatic N) is 1. The van der Waals surface area contributed by atoms with E-state index >= 15 is 0 Å². The van der Waals surface area contributed by atoms with Gasteiger partial charge in [-0.3, -0.25) is 0 Å². The van der Waals surface area contributed by atoms with Gasteiger partial charge in [0.05, 0.1) is 18.2 Å². The Morgan fingerprint density at radius 3 is 2.79 bits per heavy atom. The van der Waals surface area contributed by atoms with Crippen LogP contribution in [-0.2, 0) is 4.74 Å². The Morgan fingerprint density at radius 1 is 1.64 bits per heavy atom. The van der Waals surface area contributed by atoms with Gasteiger partial charge in [-0.1, -0.05) is 15.9 Å². The van der Waals surface area contributed by atoms with Crippen molar-refractivity contribution in [2.24, 2.45) is 0 Å². The number of esters is 1. The van der Waals surface area contributed by atoms with Crippen molar-refractivity contribution >= 4 is 44.5 Å². The maximum atomic E-state index is 11.3. The smallest absolute Gasteiger partial charge is 0.339 e. The largest absolute Gasteiger partial charge is 0.465 e. The van der Waals surface area contributed by atoms with Crippen molar-refractivity contribution in [3.63, 3.8) is 0 Å². The third kappa shape index (κ3) is 2.25. The first-order valence-corrected chi connectivity index (χ1v) is 5.44. The van der Waals surface area contributed by atoms with E-state index in [4.69, 9.17) is 5.26 Å². The zero-order chi connectivity index (χ0) is 10.7. The average Bonchev–Trinajstić information content (AvgIpc) is 2.19. The number of nitriles is 1. The molecule has 1 aromatic rings. The minimum atomic E-state index is -0.438. The van der Waals surface area contributed by atoms with Crippen molar-refractivity contribution in [1.82, 2.24) is 0 Å². The Hall–Kier alpha value is -0.610. The second-order valence-corrected chi connectivity index (χ2v) is 4.41. The number of methoxy groups -OCH3 is 1. The highest BCUT2D eigenvalue weighted by molar-refractivity contribution is 14.1. The van der Waals surface area contributed by atoms with E-state index in [-0.39, 0.29) is 0 Å². The number of benzene rings is 1. The van der Waals surface area contributed by atoms with Crippen molar-refractivity contribution in [3.05, 3.63) is 31.3 Å². The fraction of sp³-hybridized carbons (Fsp3) is 0.111. The summed E-state index contributed by atoms with van der Waals surface area (Å²) >= 11 is 5.18. The van der Waals surface area contributed by atoms with E-state index in [1.54, 1.807) is 12.1 Å². The Labute approximate surface area is 103 Å². The van der Waals surface area contributed by atoms with Crippen LogP contribution in [0.4, 0.5) is 0 Å². The van der Waals surface area contributed by atoms with Gasteiger partial charge >= 0.3 is 5.97 Å². The van der Waals surface area contributed by atoms with Crippen LogP contribution >= 0.6 is 38.5 Å². The summed E-state index contributed by atoms with van der Waals surface area (Å²) < 4.78 is 5.90. The van der Waals surface area contributed by atoms with E-state index in [1.807, 2.05) is 28.7 Å². The van der Waals surface area contributed by atoms with E-state index in [0.717, 1.165) is 0 Å². The second kappa shape index (κ2) is 4.75. The third-order valence-electron chi connectivity index (χ3n) is 1.56. The minimum absolute atomic E-state index is 0.402. The first-order chi connectivity index (χ1) is 6.60. The van der Waals surface area contributed by atoms with E-state index in [1.165, 1.54) is 7.11 Å². The van der Waals surface area contributed by atoms with E-state index in [9.17, 15) is 4.79 Å². The third-order valence-corrected chi connectivity index (χ3v) is 3.18. The summed E-state index contributed by atoms with van der Waals surface area (Å²) in [5, 5.41) is 8.79. The van der Waals surface area contributed by atoms with Crippen molar-refractivity contribution in [2.45, 2.75) is 0 Å². The molecule has 1 aromatic carbocycles. The lowest BCUT2D eigenvalue weighted by Crippen LogP contribution is -2.05. The number of hydrogen-bond donors (Lipinski definition) is 0. The first-order valence-electron chi connectivity index (χ1n) is 3.57. The van der Waals surface area contributed by atoms with Crippen LogP contribution in [0.1, 0.15) is 15.9 Å². The van der Waals surface area contributed by atoms with Crippen LogP contribution in [0.25, 0.3) is 0 Å². The van der Waals surface area contributed by atoms with Crippen LogP contribution in [0.5, 0.6) is 0 Å². The summed E-state index contributed by atoms with van der Waals surface area (Å²) in [6.45, 7) is 0. The molecule has 0 fully saturated rings. The number of halogens is 2. The lowest BCUT2D eigenvalue weighted by molar-refractivity contribution is 0.0599. The molecule has 0 saturated carbocycles. The van der Waals surface area contributed by atoms with Crippen LogP contribution in [0.2, 0.25) is 0 Å². The number of carbonyl (C=O) groups excluding carboxylic acids is 1. The summed E-state index contributed by atoms with van der Waals surface area (Å²) in [6.07, 6.45) is 0. The molecule has 0 heterocycles.